The Kier molecular flexibility index (Phi) is 6.28. The molecule has 1 heterocycles. The molecule has 0 atom stereocenters. The molecule has 0 saturated carbocycles. The number of nitrogens with two attached hydrogens (primary N) is 1. The Morgan fingerprint density at radius 2 is 2.35 bits per heavy atom. The van der Waals surface area contributed by atoms with E-state index in [0.717, 1.165) is 5.56 Å². The molecule has 0 fully saturated rings. The topological polar surface area (TPSA) is 104 Å². The van der Waals surface area contributed by atoms with Crippen molar-refractivity contribution < 1.29 is 10.0 Å². The molecule has 0 aliphatic rings. The number of pyridine rings is 1. The summed E-state index contributed by atoms with van der Waals surface area (Å²) in [5.41, 5.74) is 6.37. The number of urea groups is 1. The van der Waals surface area contributed by atoms with E-state index in [2.05, 4.69) is 15.5 Å². The van der Waals surface area contributed by atoms with E-state index in [4.69, 9.17) is 10.9 Å². The van der Waals surface area contributed by atoms with Crippen molar-refractivity contribution in [3.8, 4) is 0 Å². The molecule has 1 aromatic rings. The summed E-state index contributed by atoms with van der Waals surface area (Å²) in [5, 5.41) is 14.3. The molecule has 4 N–H and O–H groups in total. The minimum absolute atomic E-state index is 0.0442. The van der Waals surface area contributed by atoms with E-state index in [-0.39, 0.29) is 17.9 Å². The van der Waals surface area contributed by atoms with Gasteiger partial charge in [-0.3, -0.25) is 4.98 Å². The lowest BCUT2D eigenvalue weighted by Crippen LogP contribution is -2.43. The van der Waals surface area contributed by atoms with Crippen LogP contribution >= 0.6 is 0 Å². The first-order chi connectivity index (χ1) is 9.52. The fourth-order valence-corrected chi connectivity index (χ4v) is 1.60. The van der Waals surface area contributed by atoms with Gasteiger partial charge in [-0.15, -0.1) is 0 Å². The first-order valence-electron chi connectivity index (χ1n) is 6.43. The zero-order chi connectivity index (χ0) is 15.0. The number of oxime groups is 1. The van der Waals surface area contributed by atoms with Crippen molar-refractivity contribution in [2.24, 2.45) is 10.9 Å². The minimum atomic E-state index is -0.186. The van der Waals surface area contributed by atoms with Gasteiger partial charge in [0.15, 0.2) is 0 Å². The van der Waals surface area contributed by atoms with Crippen molar-refractivity contribution >= 4 is 11.9 Å². The largest absolute Gasteiger partial charge is 0.409 e. The van der Waals surface area contributed by atoms with Crippen molar-refractivity contribution in [1.29, 1.82) is 0 Å². The summed E-state index contributed by atoms with van der Waals surface area (Å²) in [6.45, 7) is 4.57. The summed E-state index contributed by atoms with van der Waals surface area (Å²) in [7, 11) is 0. The van der Waals surface area contributed by atoms with Crippen LogP contribution in [0.2, 0.25) is 0 Å². The van der Waals surface area contributed by atoms with Crippen molar-refractivity contribution in [3.63, 3.8) is 0 Å². The second-order valence-corrected chi connectivity index (χ2v) is 4.73. The van der Waals surface area contributed by atoms with Crippen molar-refractivity contribution in [2.75, 3.05) is 6.54 Å². The summed E-state index contributed by atoms with van der Waals surface area (Å²) in [4.78, 5) is 17.7. The quantitative estimate of drug-likeness (QED) is 0.314. The molecule has 0 unspecified atom stereocenters. The van der Waals surface area contributed by atoms with Gasteiger partial charge in [0.1, 0.15) is 5.84 Å². The monoisotopic (exact) mass is 279 g/mol. The fourth-order valence-electron chi connectivity index (χ4n) is 1.60. The molecule has 0 bridgehead atoms. The van der Waals surface area contributed by atoms with E-state index >= 15 is 0 Å². The second kappa shape index (κ2) is 7.98. The van der Waals surface area contributed by atoms with E-state index in [9.17, 15) is 4.79 Å². The third-order valence-electron chi connectivity index (χ3n) is 2.56. The van der Waals surface area contributed by atoms with Gasteiger partial charge >= 0.3 is 6.03 Å². The third-order valence-corrected chi connectivity index (χ3v) is 2.56. The van der Waals surface area contributed by atoms with Gasteiger partial charge in [-0.2, -0.15) is 0 Å². The Labute approximate surface area is 118 Å². The molecule has 0 spiro atoms. The van der Waals surface area contributed by atoms with Crippen LogP contribution in [0.4, 0.5) is 4.79 Å². The number of carbonyl (C=O) groups excluding carboxylic acids is 1. The average Bonchev–Trinajstić information content (AvgIpc) is 2.43. The van der Waals surface area contributed by atoms with Crippen LogP contribution < -0.4 is 11.1 Å². The molecule has 7 heteroatoms. The Balaban J connectivity index is 2.70. The maximum Gasteiger partial charge on any atom is 0.317 e. The molecule has 0 aromatic carbocycles. The lowest BCUT2D eigenvalue weighted by atomic mass is 10.2. The molecule has 110 valence electrons. The predicted octanol–water partition coefficient (Wildman–Crippen LogP) is 1.14. The van der Waals surface area contributed by atoms with E-state index in [1.807, 2.05) is 26.0 Å². The van der Waals surface area contributed by atoms with Crippen molar-refractivity contribution in [2.45, 2.75) is 32.9 Å². The highest BCUT2D eigenvalue weighted by Gasteiger charge is 2.15. The number of nitrogens with one attached hydrogen (secondary N) is 1. The highest BCUT2D eigenvalue weighted by atomic mass is 16.4. The summed E-state index contributed by atoms with van der Waals surface area (Å²) >= 11 is 0. The maximum atomic E-state index is 12.1. The van der Waals surface area contributed by atoms with Crippen molar-refractivity contribution in [3.05, 3.63) is 30.1 Å². The second-order valence-electron chi connectivity index (χ2n) is 4.73. The van der Waals surface area contributed by atoms with Gasteiger partial charge in [-0.1, -0.05) is 11.2 Å². The van der Waals surface area contributed by atoms with Crippen LogP contribution in [0.5, 0.6) is 0 Å². The molecular weight excluding hydrogens is 258 g/mol. The summed E-state index contributed by atoms with van der Waals surface area (Å²) in [6, 6.07) is 3.57. The Morgan fingerprint density at radius 1 is 1.60 bits per heavy atom. The number of hydrogen-bond donors (Lipinski definition) is 3. The first kappa shape index (κ1) is 15.7. The number of nitrogens with zero attached hydrogens (tertiary/aromatic N) is 3. The number of rotatable bonds is 6. The van der Waals surface area contributed by atoms with Crippen LogP contribution in [-0.2, 0) is 6.54 Å². The molecule has 2 amide bonds. The van der Waals surface area contributed by atoms with Crippen LogP contribution in [0.3, 0.4) is 0 Å². The molecular formula is C13H21N5O2. The summed E-state index contributed by atoms with van der Waals surface area (Å²) in [6.07, 6.45) is 3.69. The molecule has 1 rings (SSSR count). The predicted molar refractivity (Wildman–Crippen MR) is 76.3 cm³/mol. The van der Waals surface area contributed by atoms with Gasteiger partial charge < -0.3 is 21.2 Å². The zero-order valence-electron chi connectivity index (χ0n) is 11.8. The Bertz CT molecular complexity index is 447. The van der Waals surface area contributed by atoms with E-state index < -0.39 is 0 Å². The minimum Gasteiger partial charge on any atom is -0.409 e. The van der Waals surface area contributed by atoms with Crippen LogP contribution in [0.25, 0.3) is 0 Å². The number of amidine groups is 1. The van der Waals surface area contributed by atoms with Gasteiger partial charge in [0.25, 0.3) is 0 Å². The molecule has 0 aliphatic heterocycles. The first-order valence-corrected chi connectivity index (χ1v) is 6.43. The lowest BCUT2D eigenvalue weighted by molar-refractivity contribution is 0.193. The van der Waals surface area contributed by atoms with Gasteiger partial charge in [0, 0.05) is 37.9 Å². The normalized spacial score (nSPS) is 11.4. The Morgan fingerprint density at radius 3 is 2.90 bits per heavy atom. The van der Waals surface area contributed by atoms with Crippen LogP contribution in [0.15, 0.2) is 29.7 Å². The van der Waals surface area contributed by atoms with Crippen LogP contribution in [-0.4, -0.2) is 39.5 Å². The van der Waals surface area contributed by atoms with E-state index in [1.165, 1.54) is 0 Å². The molecule has 1 aromatic heterocycles. The third kappa shape index (κ3) is 5.55. The Hall–Kier alpha value is -2.31. The molecule has 0 aliphatic carbocycles. The molecule has 0 saturated heterocycles. The van der Waals surface area contributed by atoms with Gasteiger partial charge in [0.05, 0.1) is 0 Å². The lowest BCUT2D eigenvalue weighted by Gasteiger charge is -2.24. The number of hydrogen-bond acceptors (Lipinski definition) is 4. The molecule has 0 radical (unpaired) electrons. The van der Waals surface area contributed by atoms with Crippen LogP contribution in [0, 0.1) is 0 Å². The molecule has 20 heavy (non-hydrogen) atoms. The van der Waals surface area contributed by atoms with E-state index in [0.29, 0.717) is 19.5 Å². The highest BCUT2D eigenvalue weighted by Crippen LogP contribution is 2.04. The smallest absolute Gasteiger partial charge is 0.317 e. The van der Waals surface area contributed by atoms with Crippen LogP contribution in [0.1, 0.15) is 25.8 Å². The number of aromatic nitrogens is 1. The molecule has 7 nitrogen and oxygen atoms in total. The zero-order valence-corrected chi connectivity index (χ0v) is 11.8. The maximum absolute atomic E-state index is 12.1. The average molecular weight is 279 g/mol. The van der Waals surface area contributed by atoms with Crippen molar-refractivity contribution in [1.82, 2.24) is 15.2 Å². The van der Waals surface area contributed by atoms with Gasteiger partial charge in [-0.25, -0.2) is 4.79 Å². The summed E-state index contributed by atoms with van der Waals surface area (Å²) in [5.74, 6) is 0.0959. The van der Waals surface area contributed by atoms with E-state index in [1.54, 1.807) is 17.3 Å². The van der Waals surface area contributed by atoms with Gasteiger partial charge in [-0.05, 0) is 25.5 Å². The van der Waals surface area contributed by atoms with Gasteiger partial charge in [0.2, 0.25) is 0 Å². The number of amides is 2. The standard InChI is InChI=1S/C13H21N5O2/c1-10(2)16-13(19)18(7-5-12(14)17-20)9-11-4-3-6-15-8-11/h3-4,6,8,10,20H,5,7,9H2,1-2H3,(H2,14,17)(H,16,19). The fraction of sp³-hybridized carbons (Fsp3) is 0.462. The SMILES string of the molecule is CC(C)NC(=O)N(CC/C(N)=N/O)Cc1cccnc1. The summed E-state index contributed by atoms with van der Waals surface area (Å²) < 4.78 is 0. The highest BCUT2D eigenvalue weighted by molar-refractivity contribution is 5.81. The number of carbonyl (C=O) groups is 1.